The molecule has 0 N–H and O–H groups in total. The van der Waals surface area contributed by atoms with Crippen LogP contribution < -0.4 is 29.6 Å². The molecule has 0 saturated carbocycles. The molecule has 0 spiro atoms. The number of aryl methyl sites for hydroxylation is 1. The minimum atomic E-state index is -4.06. The molecule has 0 atom stereocenters. The van der Waals surface area contributed by atoms with Gasteiger partial charge in [0, 0.05) is 17.2 Å². The van der Waals surface area contributed by atoms with Gasteiger partial charge in [-0.1, -0.05) is 29.8 Å². The second kappa shape index (κ2) is 8.61. The van der Waals surface area contributed by atoms with Gasteiger partial charge in [-0.2, -0.15) is 0 Å². The predicted octanol–water partition coefficient (Wildman–Crippen LogP) is 0.562. The van der Waals surface area contributed by atoms with Crippen molar-refractivity contribution < 1.29 is 42.8 Å². The molecule has 114 valence electrons. The van der Waals surface area contributed by atoms with Gasteiger partial charge in [-0.3, -0.25) is 4.98 Å². The molecule has 0 aliphatic carbocycles. The first-order valence-electron chi connectivity index (χ1n) is 6.25. The van der Waals surface area contributed by atoms with Gasteiger partial charge in [-0.05, 0) is 36.8 Å². The van der Waals surface area contributed by atoms with Crippen molar-refractivity contribution in [2.24, 2.45) is 0 Å². The maximum Gasteiger partial charge on any atom is 1.00 e. The zero-order valence-electron chi connectivity index (χ0n) is 12.6. The Bertz CT molecular complexity index is 824. The number of carbonyl (C=O) groups excluding carboxylic acids is 1. The Hall–Kier alpha value is -1.18. The number of rotatable bonds is 4. The van der Waals surface area contributed by atoms with E-state index in [4.69, 9.17) is 11.6 Å². The smallest absolute Gasteiger partial charge is 0.538 e. The second-order valence-corrected chi connectivity index (χ2v) is 6.34. The van der Waals surface area contributed by atoms with E-state index < -0.39 is 15.9 Å². The van der Waals surface area contributed by atoms with Crippen LogP contribution >= 0.6 is 11.6 Å². The predicted molar refractivity (Wildman–Crippen MR) is 86.1 cm³/mol. The van der Waals surface area contributed by atoms with Crippen LogP contribution in [0.5, 0.6) is 0 Å². The summed E-state index contributed by atoms with van der Waals surface area (Å²) in [5.74, 6) is -0.907. The number of halogens is 1. The average molecular weight is 359 g/mol. The topological polar surface area (TPSA) is 78.2 Å². The van der Waals surface area contributed by atoms with Crippen LogP contribution in [0.2, 0.25) is 5.02 Å². The second-order valence-electron chi connectivity index (χ2n) is 4.45. The summed E-state index contributed by atoms with van der Waals surface area (Å²) in [6.07, 6.45) is 2.80. The number of nitrogens with zero attached hydrogens (tertiary/aromatic N) is 2. The van der Waals surface area contributed by atoms with Gasteiger partial charge in [0.2, 0.25) is 0 Å². The monoisotopic (exact) mass is 358 g/mol. The molecule has 0 radical (unpaired) electrons. The largest absolute Gasteiger partial charge is 1.00 e. The Kier molecular flexibility index (Phi) is 7.44. The standard InChI is InChI=1S/C15H13ClN2O3S.Na/c1-11-5-6-13(14(16)10-11)15(19)18-22(20,21)9-7-12-4-2-3-8-17-12;/h2-10H,1H3,(H,18,19);/q;+1/p-1/b9-7+;. The van der Waals surface area contributed by atoms with Crippen molar-refractivity contribution in [3.8, 4) is 0 Å². The third-order valence-corrected chi connectivity index (χ3v) is 3.88. The Morgan fingerprint density at radius 1 is 1.26 bits per heavy atom. The minimum Gasteiger partial charge on any atom is -0.538 e. The number of hydrogen-bond acceptors (Lipinski definition) is 4. The molecule has 1 heterocycles. The van der Waals surface area contributed by atoms with Gasteiger partial charge < -0.3 is 9.52 Å². The summed E-state index contributed by atoms with van der Waals surface area (Å²) >= 11 is 5.92. The van der Waals surface area contributed by atoms with Crippen LogP contribution in [0.15, 0.2) is 48.0 Å². The van der Waals surface area contributed by atoms with Crippen LogP contribution in [0.4, 0.5) is 0 Å². The molecule has 0 saturated heterocycles. The number of pyridine rings is 1. The summed E-state index contributed by atoms with van der Waals surface area (Å²) in [7, 11) is -4.06. The zero-order valence-corrected chi connectivity index (χ0v) is 16.2. The summed E-state index contributed by atoms with van der Waals surface area (Å²) in [4.78, 5) is 15.9. The molecule has 0 unspecified atom stereocenters. The summed E-state index contributed by atoms with van der Waals surface area (Å²) in [6, 6.07) is 9.73. The maximum atomic E-state index is 11.9. The van der Waals surface area contributed by atoms with Crippen molar-refractivity contribution in [1.29, 1.82) is 0 Å². The summed E-state index contributed by atoms with van der Waals surface area (Å²) in [6.45, 7) is 1.81. The molecular formula is C15H12ClN2NaO3S. The van der Waals surface area contributed by atoms with Crippen molar-refractivity contribution in [2.75, 3.05) is 0 Å². The number of aromatic nitrogens is 1. The molecule has 1 aromatic heterocycles. The number of amides is 1. The van der Waals surface area contributed by atoms with Crippen LogP contribution in [-0.4, -0.2) is 19.3 Å². The summed E-state index contributed by atoms with van der Waals surface area (Å²) in [5, 5.41) is 0.993. The van der Waals surface area contributed by atoms with E-state index in [1.54, 1.807) is 30.3 Å². The van der Waals surface area contributed by atoms with Crippen LogP contribution in [0.25, 0.3) is 10.8 Å². The molecule has 0 fully saturated rings. The maximum absolute atomic E-state index is 11.9. The molecule has 2 aromatic rings. The van der Waals surface area contributed by atoms with E-state index in [9.17, 15) is 13.2 Å². The third kappa shape index (κ3) is 6.08. The van der Waals surface area contributed by atoms with Crippen molar-refractivity contribution in [3.63, 3.8) is 0 Å². The molecule has 1 aromatic carbocycles. The van der Waals surface area contributed by atoms with Crippen molar-refractivity contribution in [1.82, 2.24) is 4.98 Å². The van der Waals surface area contributed by atoms with Gasteiger partial charge >= 0.3 is 29.6 Å². The van der Waals surface area contributed by atoms with E-state index in [1.807, 2.05) is 6.92 Å². The zero-order chi connectivity index (χ0) is 16.2. The van der Waals surface area contributed by atoms with Gasteiger partial charge in [0.15, 0.2) is 0 Å². The molecular weight excluding hydrogens is 347 g/mol. The number of benzene rings is 1. The van der Waals surface area contributed by atoms with Crippen LogP contribution in [0.3, 0.4) is 0 Å². The summed E-state index contributed by atoms with van der Waals surface area (Å²) in [5.41, 5.74) is 1.35. The van der Waals surface area contributed by atoms with Crippen LogP contribution in [0, 0.1) is 6.92 Å². The van der Waals surface area contributed by atoms with E-state index in [0.29, 0.717) is 5.69 Å². The van der Waals surface area contributed by atoms with Crippen LogP contribution in [0.1, 0.15) is 21.6 Å². The fourth-order valence-electron chi connectivity index (χ4n) is 1.62. The van der Waals surface area contributed by atoms with Gasteiger partial charge in [-0.25, -0.2) is 8.42 Å². The molecule has 0 aliphatic heterocycles. The number of carbonyl (C=O) groups is 1. The molecule has 8 heteroatoms. The van der Waals surface area contributed by atoms with E-state index in [0.717, 1.165) is 11.0 Å². The minimum absolute atomic E-state index is 0. The summed E-state index contributed by atoms with van der Waals surface area (Å²) < 4.78 is 26.9. The van der Waals surface area contributed by atoms with E-state index in [1.165, 1.54) is 18.3 Å². The molecule has 0 bridgehead atoms. The van der Waals surface area contributed by atoms with Crippen molar-refractivity contribution >= 4 is 33.6 Å². The fourth-order valence-corrected chi connectivity index (χ4v) is 2.64. The first-order chi connectivity index (χ1) is 10.4. The Balaban J connectivity index is 0.00000264. The SMILES string of the molecule is Cc1ccc(C(=O)[N-]S(=O)(=O)/C=C/c2ccccn2)c(Cl)c1.[Na+]. The van der Waals surface area contributed by atoms with Gasteiger partial charge in [-0.15, -0.1) is 0 Å². The quantitative estimate of drug-likeness (QED) is 0.748. The van der Waals surface area contributed by atoms with Crippen molar-refractivity contribution in [3.05, 3.63) is 74.6 Å². The first kappa shape index (κ1) is 19.9. The third-order valence-electron chi connectivity index (χ3n) is 2.66. The first-order valence-corrected chi connectivity index (χ1v) is 8.13. The van der Waals surface area contributed by atoms with E-state index in [-0.39, 0.29) is 40.1 Å². The van der Waals surface area contributed by atoms with E-state index in [2.05, 4.69) is 9.71 Å². The Morgan fingerprint density at radius 3 is 2.61 bits per heavy atom. The normalized spacial score (nSPS) is 11.0. The molecule has 0 aliphatic rings. The van der Waals surface area contributed by atoms with E-state index >= 15 is 0 Å². The van der Waals surface area contributed by atoms with Gasteiger partial charge in [0.1, 0.15) is 10.0 Å². The molecule has 2 rings (SSSR count). The molecule has 23 heavy (non-hydrogen) atoms. The Labute approximate surface area is 162 Å². The molecule has 5 nitrogen and oxygen atoms in total. The number of sulfonamides is 1. The molecule has 1 amide bonds. The van der Waals surface area contributed by atoms with Gasteiger partial charge in [0.05, 0.1) is 16.6 Å². The Morgan fingerprint density at radius 2 is 2.00 bits per heavy atom. The van der Waals surface area contributed by atoms with Gasteiger partial charge in [0.25, 0.3) is 0 Å². The van der Waals surface area contributed by atoms with Crippen LogP contribution in [-0.2, 0) is 10.0 Å². The van der Waals surface area contributed by atoms with Crippen molar-refractivity contribution in [2.45, 2.75) is 6.92 Å². The fraction of sp³-hybridized carbons (Fsp3) is 0.0667. The average Bonchev–Trinajstić information content (AvgIpc) is 2.45. The number of hydrogen-bond donors (Lipinski definition) is 0.